The van der Waals surface area contributed by atoms with Crippen molar-refractivity contribution in [1.82, 2.24) is 9.88 Å². The van der Waals surface area contributed by atoms with Crippen LogP contribution in [0.25, 0.3) is 10.9 Å². The van der Waals surface area contributed by atoms with E-state index >= 15 is 0 Å². The first-order valence-corrected chi connectivity index (χ1v) is 11.7. The first kappa shape index (κ1) is 21.7. The molecule has 0 bridgehead atoms. The predicted molar refractivity (Wildman–Crippen MR) is 128 cm³/mol. The molecule has 1 saturated heterocycles. The van der Waals surface area contributed by atoms with E-state index in [-0.39, 0.29) is 12.0 Å². The van der Waals surface area contributed by atoms with E-state index in [0.29, 0.717) is 18.8 Å². The molecule has 1 aliphatic rings. The van der Waals surface area contributed by atoms with Crippen LogP contribution in [-0.2, 0) is 16.1 Å². The topological polar surface area (TPSA) is 45.7 Å². The monoisotopic (exact) mass is 435 g/mol. The Hall–Kier alpha value is -2.57. The Balaban J connectivity index is 1.43. The molecule has 5 nitrogen and oxygen atoms in total. The van der Waals surface area contributed by atoms with Crippen LogP contribution in [0, 0.1) is 0 Å². The van der Waals surface area contributed by atoms with E-state index in [2.05, 4.69) is 40.2 Å². The Bertz CT molecular complexity index is 1020. The standard InChI is InChI=1S/C25H29N3O2S/c1-27(2)21-12-9-19(10-13-21)16-28(17-22-7-5-15-30-22)25(29)18-31-24-14-11-20-6-3-4-8-23(20)26-24/h3-4,6,8-14,22H,5,7,15-18H2,1-2H3. The zero-order valence-electron chi connectivity index (χ0n) is 18.2. The van der Waals surface area contributed by atoms with Crippen molar-refractivity contribution in [2.75, 3.05) is 37.9 Å². The summed E-state index contributed by atoms with van der Waals surface area (Å²) in [6.45, 7) is 2.03. The van der Waals surface area contributed by atoms with Gasteiger partial charge in [-0.15, -0.1) is 0 Å². The van der Waals surface area contributed by atoms with Gasteiger partial charge in [0.1, 0.15) is 0 Å². The lowest BCUT2D eigenvalue weighted by Crippen LogP contribution is -2.38. The van der Waals surface area contributed by atoms with E-state index < -0.39 is 0 Å². The average molecular weight is 436 g/mol. The quantitative estimate of drug-likeness (QED) is 0.484. The van der Waals surface area contributed by atoms with Crippen LogP contribution in [0.1, 0.15) is 18.4 Å². The summed E-state index contributed by atoms with van der Waals surface area (Å²) in [6.07, 6.45) is 2.22. The van der Waals surface area contributed by atoms with Crippen LogP contribution in [0.5, 0.6) is 0 Å². The largest absolute Gasteiger partial charge is 0.378 e. The Labute approximate surface area is 188 Å². The number of carbonyl (C=O) groups is 1. The number of para-hydroxylation sites is 1. The summed E-state index contributed by atoms with van der Waals surface area (Å²) < 4.78 is 5.81. The number of hydrogen-bond acceptors (Lipinski definition) is 5. The number of benzene rings is 2. The van der Waals surface area contributed by atoms with Crippen LogP contribution in [0.2, 0.25) is 0 Å². The molecule has 0 saturated carbocycles. The smallest absolute Gasteiger partial charge is 0.233 e. The van der Waals surface area contributed by atoms with Crippen LogP contribution < -0.4 is 4.90 Å². The summed E-state index contributed by atoms with van der Waals surface area (Å²) in [5.41, 5.74) is 3.24. The van der Waals surface area contributed by atoms with E-state index in [1.807, 2.05) is 49.3 Å². The third kappa shape index (κ3) is 5.77. The maximum absolute atomic E-state index is 13.2. The van der Waals surface area contributed by atoms with Gasteiger partial charge in [-0.3, -0.25) is 4.79 Å². The van der Waals surface area contributed by atoms with Gasteiger partial charge in [-0.2, -0.15) is 0 Å². The predicted octanol–water partition coefficient (Wildman–Crippen LogP) is 4.60. The Morgan fingerprint density at radius 3 is 2.65 bits per heavy atom. The van der Waals surface area contributed by atoms with Gasteiger partial charge >= 0.3 is 0 Å². The number of fused-ring (bicyclic) bond motifs is 1. The highest BCUT2D eigenvalue weighted by molar-refractivity contribution is 7.99. The second-order valence-corrected chi connectivity index (χ2v) is 9.10. The number of rotatable bonds is 8. The van der Waals surface area contributed by atoms with E-state index in [1.54, 1.807) is 0 Å². The fourth-order valence-electron chi connectivity index (χ4n) is 3.76. The van der Waals surface area contributed by atoms with Crippen LogP contribution in [0.4, 0.5) is 5.69 Å². The lowest BCUT2D eigenvalue weighted by atomic mass is 10.1. The van der Waals surface area contributed by atoms with Gasteiger partial charge < -0.3 is 14.5 Å². The number of carbonyl (C=O) groups excluding carboxylic acids is 1. The Morgan fingerprint density at radius 1 is 1.10 bits per heavy atom. The summed E-state index contributed by atoms with van der Waals surface area (Å²) in [5, 5.41) is 1.99. The van der Waals surface area contributed by atoms with Crippen LogP contribution >= 0.6 is 11.8 Å². The molecule has 1 fully saturated rings. The molecule has 2 heterocycles. The number of pyridine rings is 1. The van der Waals surface area contributed by atoms with Crippen molar-refractivity contribution in [3.05, 3.63) is 66.2 Å². The van der Waals surface area contributed by atoms with Gasteiger partial charge in [-0.1, -0.05) is 48.2 Å². The third-order valence-corrected chi connectivity index (χ3v) is 6.46. The molecule has 1 amide bonds. The molecule has 1 unspecified atom stereocenters. The maximum Gasteiger partial charge on any atom is 0.233 e. The van der Waals surface area contributed by atoms with Crippen molar-refractivity contribution in [3.8, 4) is 0 Å². The van der Waals surface area contributed by atoms with Crippen LogP contribution in [-0.4, -0.2) is 54.9 Å². The van der Waals surface area contributed by atoms with Crippen molar-refractivity contribution < 1.29 is 9.53 Å². The molecule has 0 aliphatic carbocycles. The molecular formula is C25H29N3O2S. The van der Waals surface area contributed by atoms with Gasteiger partial charge in [-0.05, 0) is 42.7 Å². The minimum atomic E-state index is 0.118. The number of anilines is 1. The number of amides is 1. The number of aromatic nitrogens is 1. The van der Waals surface area contributed by atoms with Crippen LogP contribution in [0.3, 0.4) is 0 Å². The normalized spacial score (nSPS) is 15.9. The highest BCUT2D eigenvalue weighted by Crippen LogP contribution is 2.22. The minimum Gasteiger partial charge on any atom is -0.378 e. The summed E-state index contributed by atoms with van der Waals surface area (Å²) in [6, 6.07) is 20.5. The molecule has 31 heavy (non-hydrogen) atoms. The lowest BCUT2D eigenvalue weighted by molar-refractivity contribution is -0.130. The highest BCUT2D eigenvalue weighted by Gasteiger charge is 2.23. The number of hydrogen-bond donors (Lipinski definition) is 0. The van der Waals surface area contributed by atoms with Gasteiger partial charge in [0.25, 0.3) is 0 Å². The first-order valence-electron chi connectivity index (χ1n) is 10.7. The number of nitrogens with zero attached hydrogens (tertiary/aromatic N) is 3. The first-order chi connectivity index (χ1) is 15.1. The van der Waals surface area contributed by atoms with Gasteiger partial charge in [0, 0.05) is 44.9 Å². The molecule has 0 spiro atoms. The van der Waals surface area contributed by atoms with E-state index in [0.717, 1.165) is 46.6 Å². The van der Waals surface area contributed by atoms with Gasteiger partial charge in [0.2, 0.25) is 5.91 Å². The summed E-state index contributed by atoms with van der Waals surface area (Å²) in [7, 11) is 4.06. The third-order valence-electron chi connectivity index (χ3n) is 5.54. The maximum atomic E-state index is 13.2. The van der Waals surface area contributed by atoms with Crippen LogP contribution in [0.15, 0.2) is 65.7 Å². The summed E-state index contributed by atoms with van der Waals surface area (Å²) in [5.74, 6) is 0.487. The molecule has 1 atom stereocenters. The number of ether oxygens (including phenoxy) is 1. The SMILES string of the molecule is CN(C)c1ccc(CN(CC2CCCO2)C(=O)CSc2ccc3ccccc3n2)cc1. The second-order valence-electron chi connectivity index (χ2n) is 8.10. The molecule has 0 N–H and O–H groups in total. The molecule has 0 radical (unpaired) electrons. The zero-order valence-corrected chi connectivity index (χ0v) is 19.0. The van der Waals surface area contributed by atoms with Crippen molar-refractivity contribution in [2.24, 2.45) is 0 Å². The Kier molecular flexibility index (Phi) is 7.10. The fourth-order valence-corrected chi connectivity index (χ4v) is 4.54. The summed E-state index contributed by atoms with van der Waals surface area (Å²) >= 11 is 1.50. The molecule has 162 valence electrons. The molecule has 4 rings (SSSR count). The minimum absolute atomic E-state index is 0.118. The molecule has 2 aromatic carbocycles. The molecule has 6 heteroatoms. The second kappa shape index (κ2) is 10.2. The highest BCUT2D eigenvalue weighted by atomic mass is 32.2. The Morgan fingerprint density at radius 2 is 1.90 bits per heavy atom. The number of thioether (sulfide) groups is 1. The van der Waals surface area contributed by atoms with E-state index in [4.69, 9.17) is 4.74 Å². The van der Waals surface area contributed by atoms with Crippen molar-refractivity contribution in [1.29, 1.82) is 0 Å². The van der Waals surface area contributed by atoms with Crippen molar-refractivity contribution in [3.63, 3.8) is 0 Å². The molecule has 1 aliphatic heterocycles. The van der Waals surface area contributed by atoms with E-state index in [1.165, 1.54) is 11.8 Å². The van der Waals surface area contributed by atoms with Crippen molar-refractivity contribution >= 4 is 34.3 Å². The molecular weight excluding hydrogens is 406 g/mol. The lowest BCUT2D eigenvalue weighted by Gasteiger charge is -2.26. The zero-order chi connectivity index (χ0) is 21.6. The van der Waals surface area contributed by atoms with E-state index in [9.17, 15) is 4.79 Å². The molecule has 1 aromatic heterocycles. The average Bonchev–Trinajstić information content (AvgIpc) is 3.30. The van der Waals surface area contributed by atoms with Crippen molar-refractivity contribution in [2.45, 2.75) is 30.5 Å². The summed E-state index contributed by atoms with van der Waals surface area (Å²) in [4.78, 5) is 21.9. The fraction of sp³-hybridized carbons (Fsp3) is 0.360. The molecule has 3 aromatic rings. The van der Waals surface area contributed by atoms with Gasteiger partial charge in [0.05, 0.1) is 22.4 Å². The van der Waals surface area contributed by atoms with Gasteiger partial charge in [0.15, 0.2) is 0 Å². The van der Waals surface area contributed by atoms with Gasteiger partial charge in [-0.25, -0.2) is 4.98 Å².